The second-order valence-corrected chi connectivity index (χ2v) is 7.49. The van der Waals surface area contributed by atoms with Crippen molar-refractivity contribution in [1.82, 2.24) is 14.9 Å². The number of thiophene rings is 1. The van der Waals surface area contributed by atoms with Crippen molar-refractivity contribution in [2.75, 3.05) is 39.3 Å². The Balaban J connectivity index is 1.88. The topological polar surface area (TPSA) is 98.7 Å². The Morgan fingerprint density at radius 1 is 1.40 bits per heavy atom. The molecule has 0 atom stereocenters. The maximum atomic E-state index is 12.0. The lowest BCUT2D eigenvalue weighted by Gasteiger charge is -2.26. The highest BCUT2D eigenvalue weighted by molar-refractivity contribution is 7.91. The number of hydrogen-bond acceptors (Lipinski definition) is 6. The van der Waals surface area contributed by atoms with E-state index in [4.69, 9.17) is 5.11 Å². The van der Waals surface area contributed by atoms with Crippen LogP contribution < -0.4 is 10.0 Å². The van der Waals surface area contributed by atoms with Crippen LogP contribution in [0.4, 0.5) is 0 Å². The molecule has 1 aromatic rings. The second kappa shape index (κ2) is 6.64. The van der Waals surface area contributed by atoms with E-state index in [0.717, 1.165) is 37.5 Å². The van der Waals surface area contributed by atoms with Crippen molar-refractivity contribution >= 4 is 27.3 Å². The highest BCUT2D eigenvalue weighted by Crippen LogP contribution is 2.21. The molecule has 9 heteroatoms. The first kappa shape index (κ1) is 15.4. The maximum Gasteiger partial charge on any atom is 0.345 e. The number of carbonyl (C=O) groups is 1. The quantitative estimate of drug-likeness (QED) is 0.662. The molecule has 0 bridgehead atoms. The summed E-state index contributed by atoms with van der Waals surface area (Å²) in [7, 11) is -3.61. The fourth-order valence-corrected chi connectivity index (χ4v) is 4.13. The lowest BCUT2D eigenvalue weighted by atomic mass is 10.3. The van der Waals surface area contributed by atoms with E-state index in [0.29, 0.717) is 13.1 Å². The summed E-state index contributed by atoms with van der Waals surface area (Å²) in [5, 5.41) is 12.0. The summed E-state index contributed by atoms with van der Waals surface area (Å²) in [5.41, 5.74) is 0. The highest BCUT2D eigenvalue weighted by atomic mass is 32.2. The maximum absolute atomic E-state index is 12.0. The van der Waals surface area contributed by atoms with Crippen LogP contribution in [0.3, 0.4) is 0 Å². The summed E-state index contributed by atoms with van der Waals surface area (Å²) in [5.74, 6) is -1.11. The molecule has 7 nitrogen and oxygen atoms in total. The van der Waals surface area contributed by atoms with Gasteiger partial charge < -0.3 is 10.4 Å². The SMILES string of the molecule is O=C(O)c1ccc(S(=O)(=O)NCCN2CCNCC2)s1. The summed E-state index contributed by atoms with van der Waals surface area (Å²) in [6.07, 6.45) is 0. The molecule has 112 valence electrons. The molecule has 2 heterocycles. The van der Waals surface area contributed by atoms with E-state index in [1.165, 1.54) is 12.1 Å². The monoisotopic (exact) mass is 319 g/mol. The van der Waals surface area contributed by atoms with Gasteiger partial charge >= 0.3 is 5.97 Å². The van der Waals surface area contributed by atoms with Crippen molar-refractivity contribution < 1.29 is 18.3 Å². The van der Waals surface area contributed by atoms with Crippen LogP contribution >= 0.6 is 11.3 Å². The Labute approximate surface area is 121 Å². The molecule has 0 aromatic carbocycles. The van der Waals surface area contributed by atoms with Gasteiger partial charge in [-0.3, -0.25) is 4.90 Å². The molecule has 1 saturated heterocycles. The van der Waals surface area contributed by atoms with Crippen molar-refractivity contribution in [3.05, 3.63) is 17.0 Å². The van der Waals surface area contributed by atoms with E-state index < -0.39 is 16.0 Å². The number of sulfonamides is 1. The number of nitrogens with zero attached hydrogens (tertiary/aromatic N) is 1. The van der Waals surface area contributed by atoms with Crippen LogP contribution in [0.2, 0.25) is 0 Å². The molecule has 0 amide bonds. The molecule has 1 fully saturated rings. The van der Waals surface area contributed by atoms with E-state index >= 15 is 0 Å². The number of aromatic carboxylic acids is 1. The third-order valence-electron chi connectivity index (χ3n) is 2.99. The molecule has 1 aliphatic rings. The minimum Gasteiger partial charge on any atom is -0.477 e. The number of hydrogen-bond donors (Lipinski definition) is 3. The summed E-state index contributed by atoms with van der Waals surface area (Å²) in [4.78, 5) is 12.9. The van der Waals surface area contributed by atoms with Gasteiger partial charge in [-0.25, -0.2) is 17.9 Å². The van der Waals surface area contributed by atoms with Crippen LogP contribution in [0.15, 0.2) is 16.3 Å². The van der Waals surface area contributed by atoms with E-state index in [2.05, 4.69) is 14.9 Å². The highest BCUT2D eigenvalue weighted by Gasteiger charge is 2.19. The van der Waals surface area contributed by atoms with Crippen molar-refractivity contribution in [2.45, 2.75) is 4.21 Å². The van der Waals surface area contributed by atoms with Gasteiger partial charge in [0.15, 0.2) is 0 Å². The van der Waals surface area contributed by atoms with E-state index in [-0.39, 0.29) is 9.09 Å². The second-order valence-electron chi connectivity index (χ2n) is 4.41. The first-order chi connectivity index (χ1) is 9.49. The van der Waals surface area contributed by atoms with Gasteiger partial charge in [0.05, 0.1) is 0 Å². The van der Waals surface area contributed by atoms with E-state index in [1.807, 2.05) is 0 Å². The number of carboxylic acid groups (broad SMARTS) is 1. The minimum atomic E-state index is -3.61. The van der Waals surface area contributed by atoms with Crippen molar-refractivity contribution in [3.63, 3.8) is 0 Å². The number of carboxylic acids is 1. The molecule has 0 aliphatic carbocycles. The Morgan fingerprint density at radius 2 is 2.10 bits per heavy atom. The Hall–Kier alpha value is -1.00. The minimum absolute atomic E-state index is 0.0208. The first-order valence-electron chi connectivity index (χ1n) is 6.25. The van der Waals surface area contributed by atoms with Gasteiger partial charge in [-0.2, -0.15) is 0 Å². The van der Waals surface area contributed by atoms with Gasteiger partial charge in [0.25, 0.3) is 0 Å². The Bertz CT molecular complexity index is 564. The van der Waals surface area contributed by atoms with Crippen LogP contribution in [0, 0.1) is 0 Å². The Morgan fingerprint density at radius 3 is 2.70 bits per heavy atom. The molecule has 3 N–H and O–H groups in total. The summed E-state index contributed by atoms with van der Waals surface area (Å²) in [6.45, 7) is 4.62. The lowest BCUT2D eigenvalue weighted by Crippen LogP contribution is -2.46. The molecular weight excluding hydrogens is 302 g/mol. The van der Waals surface area contributed by atoms with Crippen molar-refractivity contribution in [1.29, 1.82) is 0 Å². The van der Waals surface area contributed by atoms with Crippen LogP contribution in [0.1, 0.15) is 9.67 Å². The third-order valence-corrected chi connectivity index (χ3v) is 6.01. The lowest BCUT2D eigenvalue weighted by molar-refractivity contribution is 0.0702. The predicted molar refractivity (Wildman–Crippen MR) is 75.8 cm³/mol. The smallest absolute Gasteiger partial charge is 0.345 e. The largest absolute Gasteiger partial charge is 0.477 e. The molecule has 0 spiro atoms. The zero-order valence-electron chi connectivity index (χ0n) is 10.8. The summed E-state index contributed by atoms with van der Waals surface area (Å²) < 4.78 is 26.5. The molecule has 0 unspecified atom stereocenters. The summed E-state index contributed by atoms with van der Waals surface area (Å²) in [6, 6.07) is 2.62. The third kappa shape index (κ3) is 4.00. The normalized spacial score (nSPS) is 17.2. The van der Waals surface area contributed by atoms with Gasteiger partial charge in [0, 0.05) is 39.3 Å². The number of rotatable bonds is 6. The molecule has 1 aromatic heterocycles. The Kier molecular flexibility index (Phi) is 5.11. The van der Waals surface area contributed by atoms with Crippen LogP contribution in [-0.2, 0) is 10.0 Å². The molecular formula is C11H17N3O4S2. The van der Waals surface area contributed by atoms with Gasteiger partial charge in [0.1, 0.15) is 9.09 Å². The molecule has 2 rings (SSSR count). The zero-order chi connectivity index (χ0) is 14.6. The van der Waals surface area contributed by atoms with Crippen LogP contribution in [-0.4, -0.2) is 63.7 Å². The predicted octanol–water partition coefficient (Wildman–Crippen LogP) is -0.370. The van der Waals surface area contributed by atoms with Crippen molar-refractivity contribution in [2.24, 2.45) is 0 Å². The van der Waals surface area contributed by atoms with Crippen LogP contribution in [0.25, 0.3) is 0 Å². The molecule has 1 aliphatic heterocycles. The fourth-order valence-electron chi connectivity index (χ4n) is 1.92. The standard InChI is InChI=1S/C11H17N3O4S2/c15-11(16)9-1-2-10(19-9)20(17,18)13-5-8-14-6-3-12-4-7-14/h1-2,12-13H,3-8H2,(H,15,16). The zero-order valence-corrected chi connectivity index (χ0v) is 12.5. The molecule has 0 radical (unpaired) electrons. The molecule has 20 heavy (non-hydrogen) atoms. The number of nitrogens with one attached hydrogen (secondary N) is 2. The average Bonchev–Trinajstić information content (AvgIpc) is 2.90. The van der Waals surface area contributed by atoms with Crippen LogP contribution in [0.5, 0.6) is 0 Å². The van der Waals surface area contributed by atoms with Gasteiger partial charge in [-0.15, -0.1) is 11.3 Å². The number of piperazine rings is 1. The van der Waals surface area contributed by atoms with Gasteiger partial charge in [-0.1, -0.05) is 0 Å². The van der Waals surface area contributed by atoms with Gasteiger partial charge in [0.2, 0.25) is 10.0 Å². The van der Waals surface area contributed by atoms with Crippen molar-refractivity contribution in [3.8, 4) is 0 Å². The first-order valence-corrected chi connectivity index (χ1v) is 8.55. The molecule has 0 saturated carbocycles. The average molecular weight is 319 g/mol. The van der Waals surface area contributed by atoms with Gasteiger partial charge in [-0.05, 0) is 12.1 Å². The van der Waals surface area contributed by atoms with E-state index in [1.54, 1.807) is 0 Å². The summed E-state index contributed by atoms with van der Waals surface area (Å²) >= 11 is 0.760. The van der Waals surface area contributed by atoms with E-state index in [9.17, 15) is 13.2 Å². The fraction of sp³-hybridized carbons (Fsp3) is 0.545.